The Morgan fingerprint density at radius 1 is 1.41 bits per heavy atom. The van der Waals surface area contributed by atoms with E-state index in [1.807, 2.05) is 12.1 Å². The van der Waals surface area contributed by atoms with E-state index in [0.717, 1.165) is 9.75 Å². The summed E-state index contributed by atoms with van der Waals surface area (Å²) in [5.74, 6) is -1.66. The maximum Gasteiger partial charge on any atom is 0.309 e. The Morgan fingerprint density at radius 3 is 2.35 bits per heavy atom. The van der Waals surface area contributed by atoms with Gasteiger partial charge in [0.1, 0.15) is 6.10 Å². The SMILES string of the molecule is CCC(C(=O)O)C(O)c1ccc(C(C)(C)C)s1. The topological polar surface area (TPSA) is 57.5 Å². The molecule has 3 nitrogen and oxygen atoms in total. The van der Waals surface area contributed by atoms with E-state index in [4.69, 9.17) is 5.11 Å². The minimum absolute atomic E-state index is 0.0353. The maximum absolute atomic E-state index is 11.0. The lowest BCUT2D eigenvalue weighted by molar-refractivity contribution is -0.145. The molecule has 0 bridgehead atoms. The lowest BCUT2D eigenvalue weighted by Gasteiger charge is -2.17. The number of aliphatic hydroxyl groups is 1. The molecule has 0 aromatic carbocycles. The first-order valence-electron chi connectivity index (χ1n) is 5.78. The number of carbonyl (C=O) groups is 1. The molecule has 1 rings (SSSR count). The van der Waals surface area contributed by atoms with Crippen molar-refractivity contribution in [3.05, 3.63) is 21.9 Å². The molecule has 2 N–H and O–H groups in total. The first-order valence-corrected chi connectivity index (χ1v) is 6.60. The molecule has 1 heterocycles. The summed E-state index contributed by atoms with van der Waals surface area (Å²) in [5.41, 5.74) is 0.0353. The predicted molar refractivity (Wildman–Crippen MR) is 69.4 cm³/mol. The molecule has 96 valence electrons. The number of carboxylic acid groups (broad SMARTS) is 1. The zero-order valence-corrected chi connectivity index (χ0v) is 11.5. The third-order valence-electron chi connectivity index (χ3n) is 2.80. The zero-order valence-electron chi connectivity index (χ0n) is 10.7. The van der Waals surface area contributed by atoms with Crippen LogP contribution >= 0.6 is 11.3 Å². The zero-order chi connectivity index (χ0) is 13.2. The van der Waals surface area contributed by atoms with E-state index in [1.54, 1.807) is 6.92 Å². The van der Waals surface area contributed by atoms with E-state index in [9.17, 15) is 9.90 Å². The van der Waals surface area contributed by atoms with Crippen molar-refractivity contribution in [2.24, 2.45) is 5.92 Å². The number of carboxylic acids is 1. The summed E-state index contributed by atoms with van der Waals surface area (Å²) in [6.45, 7) is 8.08. The molecule has 0 aliphatic carbocycles. The van der Waals surface area contributed by atoms with Crippen molar-refractivity contribution in [3.8, 4) is 0 Å². The third kappa shape index (κ3) is 3.30. The molecule has 0 spiro atoms. The van der Waals surface area contributed by atoms with Gasteiger partial charge in [0.05, 0.1) is 5.92 Å². The highest BCUT2D eigenvalue weighted by atomic mass is 32.1. The monoisotopic (exact) mass is 256 g/mol. The van der Waals surface area contributed by atoms with Crippen LogP contribution in [0.15, 0.2) is 12.1 Å². The number of aliphatic carboxylic acids is 1. The van der Waals surface area contributed by atoms with Crippen LogP contribution in [0.1, 0.15) is 50.0 Å². The summed E-state index contributed by atoms with van der Waals surface area (Å²) >= 11 is 1.50. The predicted octanol–water partition coefficient (Wildman–Crippen LogP) is 3.19. The quantitative estimate of drug-likeness (QED) is 0.869. The molecule has 1 aromatic rings. The van der Waals surface area contributed by atoms with Crippen molar-refractivity contribution in [2.45, 2.75) is 45.6 Å². The van der Waals surface area contributed by atoms with Crippen LogP contribution in [-0.4, -0.2) is 16.2 Å². The molecule has 0 amide bonds. The van der Waals surface area contributed by atoms with Crippen LogP contribution in [0.4, 0.5) is 0 Å². The molecule has 0 saturated carbocycles. The minimum Gasteiger partial charge on any atom is -0.481 e. The molecule has 2 atom stereocenters. The Balaban J connectivity index is 2.93. The van der Waals surface area contributed by atoms with E-state index in [2.05, 4.69) is 20.8 Å². The fourth-order valence-corrected chi connectivity index (χ4v) is 2.76. The van der Waals surface area contributed by atoms with Crippen molar-refractivity contribution in [3.63, 3.8) is 0 Å². The van der Waals surface area contributed by atoms with Gasteiger partial charge in [-0.2, -0.15) is 0 Å². The van der Waals surface area contributed by atoms with Gasteiger partial charge in [0.25, 0.3) is 0 Å². The van der Waals surface area contributed by atoms with E-state index < -0.39 is 18.0 Å². The van der Waals surface area contributed by atoms with Crippen LogP contribution in [0.3, 0.4) is 0 Å². The molecule has 4 heteroatoms. The molecule has 0 radical (unpaired) electrons. The van der Waals surface area contributed by atoms with Crippen molar-refractivity contribution in [2.75, 3.05) is 0 Å². The van der Waals surface area contributed by atoms with E-state index in [1.165, 1.54) is 11.3 Å². The van der Waals surface area contributed by atoms with Crippen LogP contribution in [0.25, 0.3) is 0 Å². The Hall–Kier alpha value is -0.870. The Morgan fingerprint density at radius 2 is 2.00 bits per heavy atom. The van der Waals surface area contributed by atoms with Crippen molar-refractivity contribution >= 4 is 17.3 Å². The highest BCUT2D eigenvalue weighted by Gasteiger charge is 2.28. The highest BCUT2D eigenvalue weighted by molar-refractivity contribution is 7.12. The molecule has 17 heavy (non-hydrogen) atoms. The van der Waals surface area contributed by atoms with Gasteiger partial charge in [-0.05, 0) is 24.0 Å². The number of rotatable bonds is 4. The molecule has 1 aromatic heterocycles. The van der Waals surface area contributed by atoms with Gasteiger partial charge < -0.3 is 10.2 Å². The Kier molecular flexibility index (Phi) is 4.33. The first-order chi connectivity index (χ1) is 7.77. The third-order valence-corrected chi connectivity index (χ3v) is 4.38. The van der Waals surface area contributed by atoms with Crippen molar-refractivity contribution in [1.82, 2.24) is 0 Å². The lowest BCUT2D eigenvalue weighted by Crippen LogP contribution is -2.20. The van der Waals surface area contributed by atoms with Gasteiger partial charge in [-0.25, -0.2) is 0 Å². The minimum atomic E-state index is -0.939. The lowest BCUT2D eigenvalue weighted by atomic mass is 9.94. The molecule has 0 aliphatic heterocycles. The van der Waals surface area contributed by atoms with Gasteiger partial charge in [-0.1, -0.05) is 27.7 Å². The van der Waals surface area contributed by atoms with Crippen LogP contribution in [-0.2, 0) is 10.2 Å². The summed E-state index contributed by atoms with van der Waals surface area (Å²) in [4.78, 5) is 12.9. The average molecular weight is 256 g/mol. The number of hydrogen-bond donors (Lipinski definition) is 2. The molecule has 2 unspecified atom stereocenters. The van der Waals surface area contributed by atoms with Gasteiger partial charge in [-0.3, -0.25) is 4.79 Å². The van der Waals surface area contributed by atoms with Crippen molar-refractivity contribution in [1.29, 1.82) is 0 Å². The van der Waals surface area contributed by atoms with Gasteiger partial charge in [-0.15, -0.1) is 11.3 Å². The van der Waals surface area contributed by atoms with E-state index in [-0.39, 0.29) is 5.41 Å². The van der Waals surface area contributed by atoms with Crippen LogP contribution in [0, 0.1) is 5.92 Å². The van der Waals surface area contributed by atoms with E-state index in [0.29, 0.717) is 6.42 Å². The fraction of sp³-hybridized carbons (Fsp3) is 0.615. The average Bonchev–Trinajstić information content (AvgIpc) is 2.65. The first kappa shape index (κ1) is 14.2. The van der Waals surface area contributed by atoms with Gasteiger partial charge in [0, 0.05) is 9.75 Å². The second-order valence-corrected chi connectivity index (χ2v) is 6.37. The number of thiophene rings is 1. The standard InChI is InChI=1S/C13H20O3S/c1-5-8(12(15)16)11(14)9-6-7-10(17-9)13(2,3)4/h6-8,11,14H,5H2,1-4H3,(H,15,16). The van der Waals surface area contributed by atoms with Gasteiger partial charge >= 0.3 is 5.97 Å². The number of aliphatic hydroxyl groups excluding tert-OH is 1. The van der Waals surface area contributed by atoms with Crippen LogP contribution in [0.2, 0.25) is 0 Å². The highest BCUT2D eigenvalue weighted by Crippen LogP contribution is 2.35. The summed E-state index contributed by atoms with van der Waals surface area (Å²) in [6.07, 6.45) is -0.474. The Labute approximate surface area is 106 Å². The van der Waals surface area contributed by atoms with Crippen LogP contribution < -0.4 is 0 Å². The smallest absolute Gasteiger partial charge is 0.309 e. The maximum atomic E-state index is 11.0. The molecular weight excluding hydrogens is 236 g/mol. The second-order valence-electron chi connectivity index (χ2n) is 5.25. The summed E-state index contributed by atoms with van der Waals surface area (Å²) in [6, 6.07) is 3.80. The fourth-order valence-electron chi connectivity index (χ4n) is 1.65. The Bertz CT molecular complexity index is 390. The second kappa shape index (κ2) is 5.19. The van der Waals surface area contributed by atoms with Gasteiger partial charge in [0.2, 0.25) is 0 Å². The molecule has 0 saturated heterocycles. The van der Waals surface area contributed by atoms with Crippen molar-refractivity contribution < 1.29 is 15.0 Å². The van der Waals surface area contributed by atoms with Gasteiger partial charge in [0.15, 0.2) is 0 Å². The summed E-state index contributed by atoms with van der Waals surface area (Å²) < 4.78 is 0. The summed E-state index contributed by atoms with van der Waals surface area (Å²) in [7, 11) is 0. The summed E-state index contributed by atoms with van der Waals surface area (Å²) in [5, 5.41) is 19.1. The van der Waals surface area contributed by atoms with Crippen LogP contribution in [0.5, 0.6) is 0 Å². The normalized spacial score (nSPS) is 15.6. The van der Waals surface area contributed by atoms with E-state index >= 15 is 0 Å². The molecule has 0 fully saturated rings. The largest absolute Gasteiger partial charge is 0.481 e. The molecular formula is C13H20O3S. The molecule has 0 aliphatic rings. The number of hydrogen-bond acceptors (Lipinski definition) is 3.